The van der Waals surface area contributed by atoms with E-state index >= 15 is 0 Å². The molecule has 0 amide bonds. The number of hydrogen-bond donors (Lipinski definition) is 2. The molecule has 0 bridgehead atoms. The van der Waals surface area contributed by atoms with Crippen LogP contribution >= 0.6 is 35.7 Å². The molecule has 2 saturated heterocycles. The fraction of sp³-hybridized carbons (Fsp3) is 0.682. The van der Waals surface area contributed by atoms with E-state index < -0.39 is 0 Å². The largest absolute Gasteiger partial charge is 0.381 e. The molecule has 0 aromatic heterocycles. The monoisotopic (exact) mass is 532 g/mol. The van der Waals surface area contributed by atoms with E-state index in [0.717, 1.165) is 70.4 Å². The van der Waals surface area contributed by atoms with Gasteiger partial charge in [-0.1, -0.05) is 24.6 Å². The van der Waals surface area contributed by atoms with E-state index in [0.29, 0.717) is 6.04 Å². The van der Waals surface area contributed by atoms with Crippen LogP contribution in [0.3, 0.4) is 0 Å². The summed E-state index contributed by atoms with van der Waals surface area (Å²) in [5, 5.41) is 7.13. The Kier molecular flexibility index (Phi) is 10.4. The SMILES string of the molecule is CCNC(=NCC1(SCC)CCOCC1)NC1CCN(c2ccc(C)cc2)C1.I. The summed E-state index contributed by atoms with van der Waals surface area (Å²) in [7, 11) is 0. The van der Waals surface area contributed by atoms with Crippen LogP contribution in [0.5, 0.6) is 0 Å². The Morgan fingerprint density at radius 2 is 1.97 bits per heavy atom. The van der Waals surface area contributed by atoms with Crippen LogP contribution in [-0.4, -0.2) is 61.9 Å². The maximum absolute atomic E-state index is 5.60. The van der Waals surface area contributed by atoms with E-state index in [1.54, 1.807) is 0 Å². The summed E-state index contributed by atoms with van der Waals surface area (Å²) in [6.45, 7) is 12.1. The molecule has 0 radical (unpaired) electrons. The molecular formula is C22H37IN4OS. The van der Waals surface area contributed by atoms with E-state index in [4.69, 9.17) is 9.73 Å². The number of guanidine groups is 1. The first-order chi connectivity index (χ1) is 13.6. The van der Waals surface area contributed by atoms with Gasteiger partial charge in [-0.25, -0.2) is 0 Å². The molecule has 3 rings (SSSR count). The number of anilines is 1. The third kappa shape index (κ3) is 7.21. The molecule has 0 saturated carbocycles. The number of halogens is 1. The van der Waals surface area contributed by atoms with Crippen LogP contribution in [0.4, 0.5) is 5.69 Å². The van der Waals surface area contributed by atoms with Gasteiger partial charge >= 0.3 is 0 Å². The summed E-state index contributed by atoms with van der Waals surface area (Å²) in [5.41, 5.74) is 2.63. The quantitative estimate of drug-likeness (QED) is 0.315. The van der Waals surface area contributed by atoms with Crippen molar-refractivity contribution in [2.75, 3.05) is 50.0 Å². The molecule has 2 heterocycles. The standard InChI is InChI=1S/C22H36N4OS.HI/c1-4-23-21(24-17-22(28-5-2)11-14-27-15-12-22)25-19-10-13-26(16-19)20-8-6-18(3)7-9-20;/h6-9,19H,4-5,10-17H2,1-3H3,(H2,23,24,25);1H. The summed E-state index contributed by atoms with van der Waals surface area (Å²) in [5.74, 6) is 2.09. The second-order valence-electron chi connectivity index (χ2n) is 7.84. The highest BCUT2D eigenvalue weighted by atomic mass is 127. The lowest BCUT2D eigenvalue weighted by molar-refractivity contribution is 0.0793. The first kappa shape index (κ1) is 24.6. The zero-order chi connectivity index (χ0) is 19.8. The van der Waals surface area contributed by atoms with Crippen LogP contribution in [0.15, 0.2) is 29.3 Å². The Labute approximate surface area is 197 Å². The number of hydrogen-bond acceptors (Lipinski definition) is 4. The van der Waals surface area contributed by atoms with Gasteiger partial charge in [-0.15, -0.1) is 24.0 Å². The molecule has 1 aromatic rings. The normalized spacial score (nSPS) is 21.6. The van der Waals surface area contributed by atoms with Gasteiger partial charge in [0.15, 0.2) is 5.96 Å². The average molecular weight is 533 g/mol. The second-order valence-corrected chi connectivity index (χ2v) is 9.57. The highest BCUT2D eigenvalue weighted by molar-refractivity contribution is 14.0. The number of thioether (sulfide) groups is 1. The fourth-order valence-corrected chi connectivity index (χ4v) is 5.23. The zero-order valence-corrected chi connectivity index (χ0v) is 21.2. The van der Waals surface area contributed by atoms with Crippen LogP contribution in [0.1, 0.15) is 38.7 Å². The van der Waals surface area contributed by atoms with Gasteiger partial charge in [0, 0.05) is 49.3 Å². The molecule has 1 atom stereocenters. The Morgan fingerprint density at radius 1 is 1.24 bits per heavy atom. The van der Waals surface area contributed by atoms with Gasteiger partial charge in [-0.05, 0) is 51.0 Å². The minimum Gasteiger partial charge on any atom is -0.381 e. The van der Waals surface area contributed by atoms with Crippen molar-refractivity contribution in [3.8, 4) is 0 Å². The second kappa shape index (κ2) is 12.2. The number of rotatable bonds is 7. The summed E-state index contributed by atoms with van der Waals surface area (Å²) >= 11 is 2.05. The summed E-state index contributed by atoms with van der Waals surface area (Å²) < 4.78 is 5.83. The van der Waals surface area contributed by atoms with Gasteiger partial charge in [0.05, 0.1) is 6.54 Å². The molecule has 2 fully saturated rings. The van der Waals surface area contributed by atoms with Crippen molar-refractivity contribution in [2.24, 2.45) is 4.99 Å². The zero-order valence-electron chi connectivity index (χ0n) is 18.1. The number of ether oxygens (including phenoxy) is 1. The molecule has 0 spiro atoms. The Bertz CT molecular complexity index is 629. The fourth-order valence-electron chi connectivity index (χ4n) is 4.00. The van der Waals surface area contributed by atoms with Gasteiger partial charge in [0.2, 0.25) is 0 Å². The lowest BCUT2D eigenvalue weighted by Crippen LogP contribution is -2.46. The summed E-state index contributed by atoms with van der Waals surface area (Å²) in [6.07, 6.45) is 3.33. The van der Waals surface area contributed by atoms with Crippen LogP contribution in [0.2, 0.25) is 0 Å². The van der Waals surface area contributed by atoms with Crippen LogP contribution in [0, 0.1) is 6.92 Å². The molecular weight excluding hydrogens is 495 g/mol. The van der Waals surface area contributed by atoms with Gasteiger partial charge in [-0.3, -0.25) is 4.99 Å². The van der Waals surface area contributed by atoms with Crippen molar-refractivity contribution >= 4 is 47.4 Å². The van der Waals surface area contributed by atoms with Crippen LogP contribution < -0.4 is 15.5 Å². The van der Waals surface area contributed by atoms with Crippen molar-refractivity contribution in [3.05, 3.63) is 29.8 Å². The molecule has 7 heteroatoms. The Morgan fingerprint density at radius 3 is 2.62 bits per heavy atom. The van der Waals surface area contributed by atoms with Crippen molar-refractivity contribution in [3.63, 3.8) is 0 Å². The third-order valence-electron chi connectivity index (χ3n) is 5.65. The molecule has 2 aliphatic rings. The first-order valence-electron chi connectivity index (χ1n) is 10.7. The van der Waals surface area contributed by atoms with E-state index in [1.165, 1.54) is 11.3 Å². The molecule has 2 N–H and O–H groups in total. The number of benzene rings is 1. The minimum atomic E-state index is 0. The number of nitrogens with one attached hydrogen (secondary N) is 2. The molecule has 29 heavy (non-hydrogen) atoms. The van der Waals surface area contributed by atoms with E-state index in [1.807, 2.05) is 0 Å². The molecule has 1 aromatic carbocycles. The molecule has 164 valence electrons. The Hall–Kier alpha value is -0.670. The van der Waals surface area contributed by atoms with E-state index in [-0.39, 0.29) is 28.7 Å². The van der Waals surface area contributed by atoms with Gasteiger partial charge in [0.1, 0.15) is 0 Å². The van der Waals surface area contributed by atoms with Crippen LogP contribution in [0.25, 0.3) is 0 Å². The minimum absolute atomic E-state index is 0. The van der Waals surface area contributed by atoms with E-state index in [2.05, 4.69) is 72.3 Å². The van der Waals surface area contributed by atoms with Crippen molar-refractivity contribution in [1.82, 2.24) is 10.6 Å². The highest BCUT2D eigenvalue weighted by Crippen LogP contribution is 2.35. The van der Waals surface area contributed by atoms with Crippen LogP contribution in [-0.2, 0) is 4.74 Å². The summed E-state index contributed by atoms with van der Waals surface area (Å²) in [4.78, 5) is 7.47. The number of nitrogens with zero attached hydrogens (tertiary/aromatic N) is 2. The van der Waals surface area contributed by atoms with Gasteiger partial charge in [0.25, 0.3) is 0 Å². The predicted molar refractivity (Wildman–Crippen MR) is 137 cm³/mol. The molecule has 5 nitrogen and oxygen atoms in total. The maximum atomic E-state index is 5.60. The number of aryl methyl sites for hydroxylation is 1. The lowest BCUT2D eigenvalue weighted by Gasteiger charge is -2.35. The molecule has 0 aliphatic carbocycles. The van der Waals surface area contributed by atoms with Gasteiger partial charge in [-0.2, -0.15) is 11.8 Å². The summed E-state index contributed by atoms with van der Waals surface area (Å²) in [6, 6.07) is 9.28. The van der Waals surface area contributed by atoms with Crippen molar-refractivity contribution < 1.29 is 4.74 Å². The average Bonchev–Trinajstić information content (AvgIpc) is 3.16. The Balaban J connectivity index is 0.00000300. The van der Waals surface area contributed by atoms with Gasteiger partial charge < -0.3 is 20.3 Å². The first-order valence-corrected chi connectivity index (χ1v) is 11.7. The lowest BCUT2D eigenvalue weighted by atomic mass is 9.99. The van der Waals surface area contributed by atoms with Crippen molar-refractivity contribution in [2.45, 2.75) is 50.8 Å². The molecule has 2 aliphatic heterocycles. The van der Waals surface area contributed by atoms with Crippen molar-refractivity contribution in [1.29, 1.82) is 0 Å². The smallest absolute Gasteiger partial charge is 0.191 e. The highest BCUT2D eigenvalue weighted by Gasteiger charge is 2.33. The third-order valence-corrected chi connectivity index (χ3v) is 7.09. The topological polar surface area (TPSA) is 48.9 Å². The number of aliphatic imine (C=N–C) groups is 1. The maximum Gasteiger partial charge on any atom is 0.191 e. The van der Waals surface area contributed by atoms with E-state index in [9.17, 15) is 0 Å². The molecule has 1 unspecified atom stereocenters. The predicted octanol–water partition coefficient (Wildman–Crippen LogP) is 4.05.